The largest absolute Gasteiger partial charge is 0.454 e. The lowest BCUT2D eigenvalue weighted by molar-refractivity contribution is -0.0599. The van der Waals surface area contributed by atoms with Crippen molar-refractivity contribution in [3.05, 3.63) is 0 Å². The number of aliphatic hydroxyl groups excluding tert-OH is 4. The standard InChI is InChI=1S/C11H28O4Si2.C2H6O2/c1-7-8-11(14,10(13)9-12)17(5,6)15-16(2,3)4;3-1-2-4/h10,12-14H,7-9H2,1-6H3;3-4H,1-2H2. The molecule has 0 aliphatic rings. The zero-order valence-electron chi connectivity index (χ0n) is 14.3. The predicted octanol–water partition coefficient (Wildman–Crippen LogP) is 0.438. The van der Waals surface area contributed by atoms with Gasteiger partial charge in [0.15, 0.2) is 8.32 Å². The molecule has 0 aromatic heterocycles. The van der Waals surface area contributed by atoms with Gasteiger partial charge in [-0.05, 0) is 39.2 Å². The molecule has 2 unspecified atom stereocenters. The summed E-state index contributed by atoms with van der Waals surface area (Å²) in [5, 5.41) is 43.7. The second kappa shape index (κ2) is 10.1. The first-order valence-corrected chi connectivity index (χ1v) is 13.7. The SMILES string of the molecule is CCCC(O)(C(O)CO)[Si](C)(C)O[Si](C)(C)C.OCCO. The average Bonchev–Trinajstić information content (AvgIpc) is 2.35. The molecular formula is C13H34O6Si2. The molecule has 0 saturated carbocycles. The topological polar surface area (TPSA) is 110 Å². The van der Waals surface area contributed by atoms with Gasteiger partial charge in [-0.2, -0.15) is 0 Å². The first-order valence-electron chi connectivity index (χ1n) is 7.35. The van der Waals surface area contributed by atoms with E-state index in [9.17, 15) is 10.2 Å². The Morgan fingerprint density at radius 2 is 1.43 bits per heavy atom. The highest BCUT2D eigenvalue weighted by molar-refractivity contribution is 6.85. The Hall–Kier alpha value is 0.194. The highest BCUT2D eigenvalue weighted by atomic mass is 28.4. The molecule has 21 heavy (non-hydrogen) atoms. The van der Waals surface area contributed by atoms with Crippen molar-refractivity contribution in [1.82, 2.24) is 0 Å². The Balaban J connectivity index is 0. The van der Waals surface area contributed by atoms with Crippen molar-refractivity contribution in [2.45, 2.75) is 63.8 Å². The minimum atomic E-state index is -2.49. The van der Waals surface area contributed by atoms with Crippen LogP contribution in [-0.4, -0.2) is 73.3 Å². The van der Waals surface area contributed by atoms with Crippen molar-refractivity contribution >= 4 is 16.6 Å². The van der Waals surface area contributed by atoms with Crippen molar-refractivity contribution in [3.8, 4) is 0 Å². The monoisotopic (exact) mass is 342 g/mol. The molecule has 0 bridgehead atoms. The summed E-state index contributed by atoms with van der Waals surface area (Å²) in [6, 6.07) is 0. The summed E-state index contributed by atoms with van der Waals surface area (Å²) in [6.45, 7) is 11.3. The molecule has 0 saturated heterocycles. The van der Waals surface area contributed by atoms with Crippen LogP contribution >= 0.6 is 0 Å². The smallest absolute Gasteiger partial charge is 0.209 e. The zero-order chi connectivity index (χ0) is 17.3. The molecule has 130 valence electrons. The van der Waals surface area contributed by atoms with Gasteiger partial charge in [-0.15, -0.1) is 0 Å². The third kappa shape index (κ3) is 8.41. The third-order valence-electron chi connectivity index (χ3n) is 3.06. The zero-order valence-corrected chi connectivity index (χ0v) is 16.3. The van der Waals surface area contributed by atoms with Crippen molar-refractivity contribution in [2.75, 3.05) is 19.8 Å². The summed E-state index contributed by atoms with van der Waals surface area (Å²) >= 11 is 0. The van der Waals surface area contributed by atoms with E-state index in [4.69, 9.17) is 19.4 Å². The van der Waals surface area contributed by atoms with E-state index in [0.29, 0.717) is 6.42 Å². The Kier molecular flexibility index (Phi) is 11.2. The van der Waals surface area contributed by atoms with Crippen LogP contribution in [0.25, 0.3) is 0 Å². The van der Waals surface area contributed by atoms with Gasteiger partial charge >= 0.3 is 0 Å². The fourth-order valence-electron chi connectivity index (χ4n) is 2.25. The van der Waals surface area contributed by atoms with Gasteiger partial charge in [0.05, 0.1) is 19.8 Å². The Morgan fingerprint density at radius 1 is 1.00 bits per heavy atom. The lowest BCUT2D eigenvalue weighted by Crippen LogP contribution is -2.66. The van der Waals surface area contributed by atoms with Crippen LogP contribution in [0.2, 0.25) is 32.7 Å². The normalized spacial score (nSPS) is 16.7. The van der Waals surface area contributed by atoms with Gasteiger partial charge < -0.3 is 29.6 Å². The second-order valence-electron chi connectivity index (χ2n) is 6.54. The van der Waals surface area contributed by atoms with Crippen LogP contribution in [0.15, 0.2) is 0 Å². The molecule has 0 heterocycles. The van der Waals surface area contributed by atoms with Gasteiger partial charge in [-0.25, -0.2) is 0 Å². The van der Waals surface area contributed by atoms with Gasteiger partial charge in [0, 0.05) is 0 Å². The predicted molar refractivity (Wildman–Crippen MR) is 89.0 cm³/mol. The van der Waals surface area contributed by atoms with Crippen LogP contribution in [0, 0.1) is 0 Å². The lowest BCUT2D eigenvalue weighted by Gasteiger charge is -2.46. The maximum Gasteiger partial charge on any atom is 0.209 e. The maximum atomic E-state index is 10.7. The quantitative estimate of drug-likeness (QED) is 0.409. The molecule has 0 amide bonds. The molecule has 0 fully saturated rings. The van der Waals surface area contributed by atoms with Crippen LogP contribution in [0.5, 0.6) is 0 Å². The molecule has 2 atom stereocenters. The van der Waals surface area contributed by atoms with Crippen molar-refractivity contribution in [1.29, 1.82) is 0 Å². The average molecular weight is 343 g/mol. The molecule has 0 aliphatic heterocycles. The van der Waals surface area contributed by atoms with Crippen LogP contribution < -0.4 is 0 Å². The van der Waals surface area contributed by atoms with Gasteiger partial charge in [0.25, 0.3) is 0 Å². The number of hydrogen-bond donors (Lipinski definition) is 5. The van der Waals surface area contributed by atoms with E-state index in [0.717, 1.165) is 6.42 Å². The van der Waals surface area contributed by atoms with Gasteiger partial charge in [0.1, 0.15) is 11.3 Å². The summed E-state index contributed by atoms with van der Waals surface area (Å²) in [5.41, 5.74) is 0. The van der Waals surface area contributed by atoms with Crippen molar-refractivity contribution in [2.24, 2.45) is 0 Å². The van der Waals surface area contributed by atoms with Crippen LogP contribution in [0.3, 0.4) is 0 Å². The van der Waals surface area contributed by atoms with E-state index >= 15 is 0 Å². The molecule has 8 heteroatoms. The maximum absolute atomic E-state index is 10.7. The van der Waals surface area contributed by atoms with E-state index in [-0.39, 0.29) is 13.2 Å². The number of aliphatic hydroxyl groups is 5. The minimum Gasteiger partial charge on any atom is -0.454 e. The number of rotatable bonds is 8. The van der Waals surface area contributed by atoms with Gasteiger partial charge in [0.2, 0.25) is 8.32 Å². The molecule has 0 aromatic rings. The fourth-order valence-corrected chi connectivity index (χ4v) is 10.8. The summed E-state index contributed by atoms with van der Waals surface area (Å²) in [6.07, 6.45) is 0.0813. The van der Waals surface area contributed by atoms with Crippen molar-refractivity contribution < 1.29 is 29.6 Å². The third-order valence-corrected chi connectivity index (χ3v) is 10.2. The molecular weight excluding hydrogens is 308 g/mol. The lowest BCUT2D eigenvalue weighted by atomic mass is 10.1. The molecule has 0 aromatic carbocycles. The highest BCUT2D eigenvalue weighted by Gasteiger charge is 2.52. The molecule has 5 N–H and O–H groups in total. The highest BCUT2D eigenvalue weighted by Crippen LogP contribution is 2.32. The van der Waals surface area contributed by atoms with Gasteiger partial charge in [-0.3, -0.25) is 0 Å². The molecule has 0 aliphatic carbocycles. The van der Waals surface area contributed by atoms with Crippen LogP contribution in [-0.2, 0) is 4.12 Å². The summed E-state index contributed by atoms with van der Waals surface area (Å²) in [4.78, 5) is 0. The minimum absolute atomic E-state index is 0.125. The van der Waals surface area contributed by atoms with E-state index in [1.165, 1.54) is 0 Å². The van der Waals surface area contributed by atoms with E-state index in [2.05, 4.69) is 19.6 Å². The van der Waals surface area contributed by atoms with Crippen LogP contribution in [0.4, 0.5) is 0 Å². The van der Waals surface area contributed by atoms with E-state index < -0.39 is 34.6 Å². The summed E-state index contributed by atoms with van der Waals surface area (Å²) in [5.74, 6) is 0. The van der Waals surface area contributed by atoms with Crippen LogP contribution in [0.1, 0.15) is 19.8 Å². The Labute approximate surface area is 130 Å². The first-order chi connectivity index (χ1) is 9.41. The molecule has 0 rings (SSSR count). The van der Waals surface area contributed by atoms with E-state index in [1.54, 1.807) is 0 Å². The van der Waals surface area contributed by atoms with Gasteiger partial charge in [-0.1, -0.05) is 13.3 Å². The molecule has 6 nitrogen and oxygen atoms in total. The Morgan fingerprint density at radius 3 is 1.67 bits per heavy atom. The Bertz CT molecular complexity index is 268. The summed E-state index contributed by atoms with van der Waals surface area (Å²) < 4.78 is 6.12. The number of hydrogen-bond acceptors (Lipinski definition) is 6. The summed E-state index contributed by atoms with van der Waals surface area (Å²) in [7, 11) is -4.27. The first kappa shape index (κ1) is 23.5. The fraction of sp³-hybridized carbons (Fsp3) is 1.00. The second-order valence-corrected chi connectivity index (χ2v) is 15.5. The van der Waals surface area contributed by atoms with Crippen molar-refractivity contribution in [3.63, 3.8) is 0 Å². The molecule has 0 radical (unpaired) electrons. The van der Waals surface area contributed by atoms with E-state index in [1.807, 2.05) is 20.0 Å². The molecule has 0 spiro atoms.